The van der Waals surface area contributed by atoms with E-state index in [2.05, 4.69) is 186 Å². The first-order valence-corrected chi connectivity index (χ1v) is 18.0. The van der Waals surface area contributed by atoms with Crippen LogP contribution >= 0.6 is 11.3 Å². The molecule has 2 nitrogen and oxygen atoms in total. The first-order chi connectivity index (χ1) is 24.8. The van der Waals surface area contributed by atoms with Gasteiger partial charge in [-0.15, -0.1) is 11.3 Å². The van der Waals surface area contributed by atoms with Gasteiger partial charge in [-0.05, 0) is 97.0 Å². The molecule has 0 bridgehead atoms. The number of hydrogen-bond acceptors (Lipinski definition) is 3. The number of hydrogen-bond donors (Lipinski definition) is 1. The average Bonchev–Trinajstić information content (AvgIpc) is 3.56. The quantitative estimate of drug-likeness (QED) is 0.186. The van der Waals surface area contributed by atoms with Gasteiger partial charge in [0.05, 0.1) is 11.5 Å². The fraction of sp³-hybridized carbons (Fsp3) is 0.0213. The molecule has 0 saturated carbocycles. The summed E-state index contributed by atoms with van der Waals surface area (Å²) >= 11 is 1.83. The third kappa shape index (κ3) is 4.78. The summed E-state index contributed by atoms with van der Waals surface area (Å²) < 4.78 is 1.31. The summed E-state index contributed by atoms with van der Waals surface area (Å²) in [6.07, 6.45) is 2.38. The van der Waals surface area contributed by atoms with Crippen LogP contribution in [0.4, 0.5) is 16.4 Å². The summed E-state index contributed by atoms with van der Waals surface area (Å²) in [4.78, 5) is 2.41. The molecule has 1 aliphatic heterocycles. The molecule has 2 heterocycles. The van der Waals surface area contributed by atoms with Crippen LogP contribution in [-0.4, -0.2) is 6.54 Å². The Morgan fingerprint density at radius 1 is 0.460 bits per heavy atom. The highest BCUT2D eigenvalue weighted by atomic mass is 32.1. The molecular formula is C47H32N2S. The third-order valence-electron chi connectivity index (χ3n) is 10.1. The Morgan fingerprint density at radius 2 is 1.06 bits per heavy atom. The number of benzene rings is 8. The van der Waals surface area contributed by atoms with Gasteiger partial charge in [-0.25, -0.2) is 0 Å². The van der Waals surface area contributed by atoms with E-state index in [0.717, 1.165) is 17.9 Å². The second-order valence-electron chi connectivity index (χ2n) is 13.0. The van der Waals surface area contributed by atoms with Crippen molar-refractivity contribution in [2.75, 3.05) is 16.8 Å². The van der Waals surface area contributed by atoms with Gasteiger partial charge >= 0.3 is 0 Å². The molecule has 9 aromatic rings. The van der Waals surface area contributed by atoms with Gasteiger partial charge in [0.25, 0.3) is 0 Å². The van der Waals surface area contributed by atoms with Crippen LogP contribution in [0.1, 0.15) is 5.56 Å². The minimum atomic E-state index is 0.740. The lowest BCUT2D eigenvalue weighted by Gasteiger charge is -2.30. The molecule has 0 atom stereocenters. The van der Waals surface area contributed by atoms with Crippen LogP contribution in [0.3, 0.4) is 0 Å². The Bertz CT molecular complexity index is 2740. The number of fused-ring (bicyclic) bond motifs is 8. The lowest BCUT2D eigenvalue weighted by molar-refractivity contribution is 1.09. The number of nitrogens with one attached hydrogen (secondary N) is 1. The maximum atomic E-state index is 3.76. The molecular weight excluding hydrogens is 625 g/mol. The van der Waals surface area contributed by atoms with Crippen molar-refractivity contribution in [3.8, 4) is 22.3 Å². The maximum absolute atomic E-state index is 3.76. The minimum absolute atomic E-state index is 0.740. The predicted octanol–water partition coefficient (Wildman–Crippen LogP) is 13.3. The van der Waals surface area contributed by atoms with E-state index in [9.17, 15) is 0 Å². The number of anilines is 3. The lowest BCUT2D eigenvalue weighted by atomic mass is 9.91. The number of nitrogens with zero attached hydrogens (tertiary/aromatic N) is 1. The molecule has 0 fully saturated rings. The molecule has 0 amide bonds. The monoisotopic (exact) mass is 656 g/mol. The summed E-state index contributed by atoms with van der Waals surface area (Å²) in [7, 11) is 0. The van der Waals surface area contributed by atoms with E-state index >= 15 is 0 Å². The molecule has 0 saturated heterocycles. The second-order valence-corrected chi connectivity index (χ2v) is 14.0. The Hall–Kier alpha value is -6.16. The number of rotatable bonds is 5. The first-order valence-electron chi connectivity index (χ1n) is 17.1. The fourth-order valence-electron chi connectivity index (χ4n) is 7.68. The molecule has 0 radical (unpaired) electrons. The Balaban J connectivity index is 1.11. The van der Waals surface area contributed by atoms with Crippen molar-refractivity contribution in [1.29, 1.82) is 0 Å². The maximum Gasteiger partial charge on any atom is 0.0972 e. The highest BCUT2D eigenvalue weighted by Crippen LogP contribution is 2.43. The van der Waals surface area contributed by atoms with Gasteiger partial charge in [-0.3, -0.25) is 0 Å². The van der Waals surface area contributed by atoms with E-state index in [0.29, 0.717) is 0 Å². The first kappa shape index (κ1) is 28.8. The second kappa shape index (κ2) is 11.8. The average molecular weight is 657 g/mol. The van der Waals surface area contributed by atoms with Crippen LogP contribution in [0.5, 0.6) is 0 Å². The van der Waals surface area contributed by atoms with Crippen molar-refractivity contribution < 1.29 is 0 Å². The third-order valence-corrected chi connectivity index (χ3v) is 11.2. The van der Waals surface area contributed by atoms with E-state index < -0.39 is 0 Å². The van der Waals surface area contributed by atoms with Gasteiger partial charge in [0, 0.05) is 32.7 Å². The van der Waals surface area contributed by atoms with E-state index in [1.165, 1.54) is 80.9 Å². The van der Waals surface area contributed by atoms with Crippen molar-refractivity contribution in [3.05, 3.63) is 181 Å². The Morgan fingerprint density at radius 3 is 1.84 bits per heavy atom. The van der Waals surface area contributed by atoms with Crippen LogP contribution in [0.15, 0.2) is 176 Å². The summed E-state index contributed by atoms with van der Waals surface area (Å²) in [5, 5.41) is 14.0. The molecule has 1 aromatic heterocycles. The van der Waals surface area contributed by atoms with Gasteiger partial charge in [0.15, 0.2) is 0 Å². The summed E-state index contributed by atoms with van der Waals surface area (Å²) in [5.74, 6) is 0. The van der Waals surface area contributed by atoms with E-state index in [1.54, 1.807) is 0 Å². The standard InChI is InChI=1S/C47H32N2S/c1-2-10-31(11-3-1)32-18-23-35(24-19-32)49(37-28-45-42-16-8-9-17-46(42)50-47(45)48-30-37)36-25-20-34(21-26-36)43-29-44-38-13-5-4-12-33(38)22-27-41(44)39-14-6-7-15-40(39)43/h1-29,48H,30H2. The molecule has 8 aromatic carbocycles. The Kier molecular flexibility index (Phi) is 6.78. The SMILES string of the molecule is C1=C(N(c2ccc(-c3ccccc3)cc2)c2ccc(-c3cc4c5ccccc5ccc4c4ccccc34)cc2)CNc2sc3ccccc3c21. The zero-order valence-corrected chi connectivity index (χ0v) is 28.1. The molecule has 1 aliphatic rings. The molecule has 0 unspecified atom stereocenters. The van der Waals surface area contributed by atoms with Gasteiger partial charge < -0.3 is 10.2 Å². The highest BCUT2D eigenvalue weighted by Gasteiger charge is 2.22. The number of thiophene rings is 1. The van der Waals surface area contributed by atoms with Gasteiger partial charge in [0.1, 0.15) is 0 Å². The van der Waals surface area contributed by atoms with Crippen LogP contribution in [0.2, 0.25) is 0 Å². The van der Waals surface area contributed by atoms with Gasteiger partial charge in [-0.2, -0.15) is 0 Å². The van der Waals surface area contributed by atoms with Gasteiger partial charge in [0.2, 0.25) is 0 Å². The van der Waals surface area contributed by atoms with Crippen LogP contribution in [0.25, 0.3) is 70.7 Å². The van der Waals surface area contributed by atoms with Crippen LogP contribution in [-0.2, 0) is 0 Å². The minimum Gasteiger partial charge on any atom is -0.371 e. The zero-order valence-electron chi connectivity index (χ0n) is 27.3. The van der Waals surface area contributed by atoms with Crippen molar-refractivity contribution >= 4 is 76.2 Å². The van der Waals surface area contributed by atoms with E-state index in [1.807, 2.05) is 11.3 Å². The lowest BCUT2D eigenvalue weighted by Crippen LogP contribution is -2.24. The van der Waals surface area contributed by atoms with E-state index in [4.69, 9.17) is 0 Å². The topological polar surface area (TPSA) is 15.3 Å². The predicted molar refractivity (Wildman–Crippen MR) is 217 cm³/mol. The summed E-state index contributed by atoms with van der Waals surface area (Å²) in [6.45, 7) is 0.740. The highest BCUT2D eigenvalue weighted by molar-refractivity contribution is 7.23. The van der Waals surface area contributed by atoms with Crippen LogP contribution in [0, 0.1) is 0 Å². The molecule has 0 aliphatic carbocycles. The van der Waals surface area contributed by atoms with Crippen molar-refractivity contribution in [2.45, 2.75) is 0 Å². The Labute approximate surface area is 295 Å². The van der Waals surface area contributed by atoms with Crippen molar-refractivity contribution in [1.82, 2.24) is 0 Å². The molecule has 236 valence electrons. The molecule has 0 spiro atoms. The van der Waals surface area contributed by atoms with Crippen molar-refractivity contribution in [2.24, 2.45) is 0 Å². The molecule has 1 N–H and O–H groups in total. The molecule has 50 heavy (non-hydrogen) atoms. The van der Waals surface area contributed by atoms with Crippen molar-refractivity contribution in [3.63, 3.8) is 0 Å². The molecule has 3 heteroatoms. The zero-order chi connectivity index (χ0) is 33.0. The normalized spacial score (nSPS) is 12.6. The van der Waals surface area contributed by atoms with Crippen LogP contribution < -0.4 is 10.2 Å². The summed E-state index contributed by atoms with van der Waals surface area (Å²) in [5.41, 5.74) is 9.64. The summed E-state index contributed by atoms with van der Waals surface area (Å²) in [6, 6.07) is 61.9. The molecule has 10 rings (SSSR count). The van der Waals surface area contributed by atoms with E-state index in [-0.39, 0.29) is 0 Å². The smallest absolute Gasteiger partial charge is 0.0972 e. The largest absolute Gasteiger partial charge is 0.371 e. The van der Waals surface area contributed by atoms with Gasteiger partial charge in [-0.1, -0.05) is 133 Å². The fourth-order valence-corrected chi connectivity index (χ4v) is 8.75.